The average Bonchev–Trinajstić information content (AvgIpc) is 3.12. The number of ether oxygens (including phenoxy) is 1. The van der Waals surface area contributed by atoms with Gasteiger partial charge in [0.25, 0.3) is 0 Å². The topological polar surface area (TPSA) is 61.9 Å². The number of nitrogens with zero attached hydrogens (tertiary/aromatic N) is 2. The van der Waals surface area contributed by atoms with Crippen LogP contribution >= 0.6 is 0 Å². The first-order valence-electron chi connectivity index (χ1n) is 9.58. The van der Waals surface area contributed by atoms with E-state index in [-0.39, 0.29) is 18.4 Å². The van der Waals surface area contributed by atoms with Gasteiger partial charge in [-0.05, 0) is 36.8 Å². The zero-order chi connectivity index (χ0) is 18.0. The first-order chi connectivity index (χ1) is 12.7. The number of carbonyl (C=O) groups excluding carboxylic acids is 2. The summed E-state index contributed by atoms with van der Waals surface area (Å²) < 4.78 is 5.42. The van der Waals surface area contributed by atoms with Gasteiger partial charge in [-0.1, -0.05) is 30.3 Å². The van der Waals surface area contributed by atoms with Gasteiger partial charge in [0.2, 0.25) is 11.8 Å². The van der Waals surface area contributed by atoms with Crippen molar-refractivity contribution >= 4 is 11.8 Å². The fraction of sp³-hybridized carbons (Fsp3) is 0.600. The van der Waals surface area contributed by atoms with Crippen LogP contribution in [0.5, 0.6) is 0 Å². The van der Waals surface area contributed by atoms with Crippen LogP contribution in [0, 0.1) is 5.41 Å². The van der Waals surface area contributed by atoms with Crippen molar-refractivity contribution in [3.8, 4) is 0 Å². The van der Waals surface area contributed by atoms with Gasteiger partial charge in [-0.25, -0.2) is 0 Å². The van der Waals surface area contributed by atoms with E-state index in [1.165, 1.54) is 6.42 Å². The molecule has 26 heavy (non-hydrogen) atoms. The Kier molecular flexibility index (Phi) is 4.96. The van der Waals surface area contributed by atoms with Crippen molar-refractivity contribution in [1.82, 2.24) is 15.1 Å². The van der Waals surface area contributed by atoms with Gasteiger partial charge in [0.15, 0.2) is 0 Å². The molecule has 1 aromatic rings. The smallest absolute Gasteiger partial charge is 0.249 e. The molecule has 3 aliphatic rings. The lowest BCUT2D eigenvalue weighted by Gasteiger charge is -2.42. The molecule has 6 heteroatoms. The third kappa shape index (κ3) is 3.48. The monoisotopic (exact) mass is 357 g/mol. The second-order valence-corrected chi connectivity index (χ2v) is 7.79. The van der Waals surface area contributed by atoms with Crippen LogP contribution in [-0.4, -0.2) is 67.0 Å². The molecule has 3 heterocycles. The highest BCUT2D eigenvalue weighted by molar-refractivity contribution is 5.89. The highest BCUT2D eigenvalue weighted by atomic mass is 16.5. The first kappa shape index (κ1) is 17.5. The molecular formula is C20H27N3O3. The Labute approximate surface area is 154 Å². The normalized spacial score (nSPS) is 25.7. The number of amides is 2. The van der Waals surface area contributed by atoms with Gasteiger partial charge in [0.05, 0.1) is 6.61 Å². The van der Waals surface area contributed by atoms with Crippen molar-refractivity contribution in [2.45, 2.75) is 31.8 Å². The zero-order valence-corrected chi connectivity index (χ0v) is 15.2. The summed E-state index contributed by atoms with van der Waals surface area (Å²) in [7, 11) is 0. The first-order valence-corrected chi connectivity index (χ1v) is 9.58. The van der Waals surface area contributed by atoms with Crippen molar-refractivity contribution < 1.29 is 14.3 Å². The van der Waals surface area contributed by atoms with E-state index in [1.807, 2.05) is 35.2 Å². The molecule has 140 valence electrons. The quantitative estimate of drug-likeness (QED) is 0.877. The summed E-state index contributed by atoms with van der Waals surface area (Å²) in [5.41, 5.74) is 1.41. The number of morpholine rings is 1. The fourth-order valence-corrected chi connectivity index (χ4v) is 4.42. The van der Waals surface area contributed by atoms with Gasteiger partial charge in [0, 0.05) is 26.2 Å². The van der Waals surface area contributed by atoms with E-state index >= 15 is 0 Å². The number of likely N-dealkylation sites (tertiary alicyclic amines) is 1. The molecule has 0 saturated carbocycles. The van der Waals surface area contributed by atoms with Gasteiger partial charge in [-0.3, -0.25) is 9.59 Å². The largest absolute Gasteiger partial charge is 0.369 e. The maximum Gasteiger partial charge on any atom is 0.249 e. The molecule has 0 radical (unpaired) electrons. The molecule has 4 rings (SSSR count). The molecule has 2 amide bonds. The number of piperidine rings is 1. The molecule has 1 atom stereocenters. The van der Waals surface area contributed by atoms with Crippen LogP contribution in [0.4, 0.5) is 0 Å². The SMILES string of the molecule is O=C([C@H]1COCC(=O)N1Cc1ccccc1)N1CCC2(CCNC2)CC1. The number of benzene rings is 1. The Hall–Kier alpha value is -1.92. The van der Waals surface area contributed by atoms with E-state index in [4.69, 9.17) is 4.74 Å². The summed E-state index contributed by atoms with van der Waals surface area (Å²) in [5, 5.41) is 3.45. The Morgan fingerprint density at radius 1 is 1.19 bits per heavy atom. The van der Waals surface area contributed by atoms with Gasteiger partial charge in [-0.15, -0.1) is 0 Å². The molecule has 1 N–H and O–H groups in total. The number of carbonyl (C=O) groups is 2. The summed E-state index contributed by atoms with van der Waals surface area (Å²) in [4.78, 5) is 29.2. The van der Waals surface area contributed by atoms with Crippen molar-refractivity contribution in [2.24, 2.45) is 5.41 Å². The van der Waals surface area contributed by atoms with Crippen LogP contribution in [0.25, 0.3) is 0 Å². The number of nitrogens with one attached hydrogen (secondary N) is 1. The van der Waals surface area contributed by atoms with E-state index in [1.54, 1.807) is 4.90 Å². The van der Waals surface area contributed by atoms with Crippen molar-refractivity contribution in [3.05, 3.63) is 35.9 Å². The summed E-state index contributed by atoms with van der Waals surface area (Å²) in [6.07, 6.45) is 3.30. The van der Waals surface area contributed by atoms with Gasteiger partial charge < -0.3 is 19.9 Å². The number of rotatable bonds is 3. The van der Waals surface area contributed by atoms with Crippen LogP contribution < -0.4 is 5.32 Å². The second-order valence-electron chi connectivity index (χ2n) is 7.79. The minimum Gasteiger partial charge on any atom is -0.369 e. The van der Waals surface area contributed by atoms with Crippen molar-refractivity contribution in [2.75, 3.05) is 39.4 Å². The summed E-state index contributed by atoms with van der Waals surface area (Å²) >= 11 is 0. The maximum absolute atomic E-state index is 13.1. The van der Waals surface area contributed by atoms with Gasteiger partial charge >= 0.3 is 0 Å². The lowest BCUT2D eigenvalue weighted by molar-refractivity contribution is -0.161. The molecule has 3 aliphatic heterocycles. The molecular weight excluding hydrogens is 330 g/mol. The predicted molar refractivity (Wildman–Crippen MR) is 97.3 cm³/mol. The molecule has 0 aromatic heterocycles. The Bertz CT molecular complexity index is 648. The fourth-order valence-electron chi connectivity index (χ4n) is 4.42. The molecule has 0 unspecified atom stereocenters. The third-order valence-electron chi connectivity index (χ3n) is 6.15. The second kappa shape index (κ2) is 7.37. The molecule has 3 saturated heterocycles. The van der Waals surface area contributed by atoms with Crippen LogP contribution in [0.1, 0.15) is 24.8 Å². The Morgan fingerprint density at radius 3 is 2.65 bits per heavy atom. The summed E-state index contributed by atoms with van der Waals surface area (Å²) in [6.45, 7) is 4.53. The molecule has 6 nitrogen and oxygen atoms in total. The summed E-state index contributed by atoms with van der Waals surface area (Å²) in [5.74, 6) is -0.0679. The molecule has 3 fully saturated rings. The average molecular weight is 357 g/mol. The minimum absolute atomic E-state index is 0.0368. The summed E-state index contributed by atoms with van der Waals surface area (Å²) in [6, 6.07) is 9.33. The Balaban J connectivity index is 1.44. The van der Waals surface area contributed by atoms with E-state index in [2.05, 4.69) is 5.32 Å². The molecule has 1 spiro atoms. The van der Waals surface area contributed by atoms with Crippen molar-refractivity contribution in [1.29, 1.82) is 0 Å². The van der Waals surface area contributed by atoms with E-state index < -0.39 is 6.04 Å². The molecule has 0 bridgehead atoms. The molecule has 0 aliphatic carbocycles. The standard InChI is InChI=1S/C20H27N3O3/c24-18-14-26-13-17(23(18)12-16-4-2-1-3-5-16)19(25)22-10-7-20(8-11-22)6-9-21-15-20/h1-5,17,21H,6-15H2/t17-/m1/s1. The predicted octanol–water partition coefficient (Wildman–Crippen LogP) is 1.02. The maximum atomic E-state index is 13.1. The highest BCUT2D eigenvalue weighted by Crippen LogP contribution is 2.37. The van der Waals surface area contributed by atoms with Crippen LogP contribution in [0.2, 0.25) is 0 Å². The van der Waals surface area contributed by atoms with E-state index in [0.717, 1.165) is 44.6 Å². The Morgan fingerprint density at radius 2 is 1.96 bits per heavy atom. The lowest BCUT2D eigenvalue weighted by atomic mass is 9.77. The zero-order valence-electron chi connectivity index (χ0n) is 15.2. The van der Waals surface area contributed by atoms with E-state index in [0.29, 0.717) is 18.6 Å². The highest BCUT2D eigenvalue weighted by Gasteiger charge is 2.41. The number of hydrogen-bond acceptors (Lipinski definition) is 4. The lowest BCUT2D eigenvalue weighted by Crippen LogP contribution is -2.58. The van der Waals surface area contributed by atoms with Gasteiger partial charge in [0.1, 0.15) is 12.6 Å². The van der Waals surface area contributed by atoms with Crippen molar-refractivity contribution in [3.63, 3.8) is 0 Å². The minimum atomic E-state index is -0.507. The van der Waals surface area contributed by atoms with Crippen LogP contribution in [-0.2, 0) is 20.9 Å². The van der Waals surface area contributed by atoms with Crippen LogP contribution in [0.3, 0.4) is 0 Å². The van der Waals surface area contributed by atoms with Crippen LogP contribution in [0.15, 0.2) is 30.3 Å². The van der Waals surface area contributed by atoms with Gasteiger partial charge in [-0.2, -0.15) is 0 Å². The third-order valence-corrected chi connectivity index (χ3v) is 6.15. The van der Waals surface area contributed by atoms with E-state index in [9.17, 15) is 9.59 Å². The number of hydrogen-bond donors (Lipinski definition) is 1. The molecule has 1 aromatic carbocycles.